The summed E-state index contributed by atoms with van der Waals surface area (Å²) in [5.74, 6) is 1.55. The van der Waals surface area contributed by atoms with E-state index < -0.39 is 0 Å². The van der Waals surface area contributed by atoms with Crippen LogP contribution in [-0.2, 0) is 4.79 Å². The maximum Gasteiger partial charge on any atom is 0.229 e. The number of anilines is 2. The van der Waals surface area contributed by atoms with Crippen molar-refractivity contribution >= 4 is 46.3 Å². The second kappa shape index (κ2) is 10.7. The molecule has 0 saturated carbocycles. The molecule has 2 N–H and O–H groups in total. The van der Waals surface area contributed by atoms with Crippen molar-refractivity contribution in [3.8, 4) is 16.9 Å². The van der Waals surface area contributed by atoms with Crippen molar-refractivity contribution < 1.29 is 9.53 Å². The van der Waals surface area contributed by atoms with Gasteiger partial charge in [-0.1, -0.05) is 35.9 Å². The molecule has 1 amide bonds. The molecule has 9 heteroatoms. The first-order chi connectivity index (χ1) is 18.3. The lowest BCUT2D eigenvalue weighted by atomic mass is 10.0. The predicted octanol–water partition coefficient (Wildman–Crippen LogP) is 5.45. The van der Waals surface area contributed by atoms with Gasteiger partial charge in [-0.2, -0.15) is 4.98 Å². The second-order valence-corrected chi connectivity index (χ2v) is 9.81. The summed E-state index contributed by atoms with van der Waals surface area (Å²) in [6.07, 6.45) is 2.86. The van der Waals surface area contributed by atoms with E-state index in [0.29, 0.717) is 16.4 Å². The quantitative estimate of drug-likeness (QED) is 0.257. The van der Waals surface area contributed by atoms with Gasteiger partial charge in [0.25, 0.3) is 0 Å². The molecule has 3 aromatic carbocycles. The van der Waals surface area contributed by atoms with Gasteiger partial charge in [-0.15, -0.1) is 0 Å². The van der Waals surface area contributed by atoms with Crippen LogP contribution in [0.4, 0.5) is 11.5 Å². The maximum atomic E-state index is 11.6. The molecule has 1 saturated heterocycles. The molecule has 0 spiro atoms. The van der Waals surface area contributed by atoms with Gasteiger partial charge in [0.1, 0.15) is 17.7 Å². The SMILES string of the molecule is CC(=O)N1CCC(Oc2ccc(-c3cccc(N(C)c4nc(=N)n(C=N)c5cc(Cl)ccc45)c3)cc2)CC1. The van der Waals surface area contributed by atoms with E-state index in [9.17, 15) is 4.79 Å². The third-order valence-electron chi connectivity index (χ3n) is 6.96. The average Bonchev–Trinajstić information content (AvgIpc) is 2.93. The lowest BCUT2D eigenvalue weighted by Gasteiger charge is -2.31. The zero-order valence-corrected chi connectivity index (χ0v) is 22.1. The number of nitrogens with one attached hydrogen (secondary N) is 2. The number of ether oxygens (including phenoxy) is 1. The Balaban J connectivity index is 1.37. The molecule has 1 aromatic heterocycles. The first-order valence-corrected chi connectivity index (χ1v) is 12.8. The molecule has 1 fully saturated rings. The van der Waals surface area contributed by atoms with E-state index in [1.54, 1.807) is 19.1 Å². The van der Waals surface area contributed by atoms with Gasteiger partial charge in [0.2, 0.25) is 11.5 Å². The van der Waals surface area contributed by atoms with E-state index in [1.165, 1.54) is 4.57 Å². The topological polar surface area (TPSA) is 98.3 Å². The summed E-state index contributed by atoms with van der Waals surface area (Å²) >= 11 is 6.21. The molecule has 5 rings (SSSR count). The number of carbonyl (C=O) groups is 1. The minimum Gasteiger partial charge on any atom is -0.490 e. The van der Waals surface area contributed by atoms with Crippen LogP contribution in [0.25, 0.3) is 22.0 Å². The first kappa shape index (κ1) is 25.5. The summed E-state index contributed by atoms with van der Waals surface area (Å²) < 4.78 is 7.57. The molecule has 1 aliphatic heterocycles. The highest BCUT2D eigenvalue weighted by molar-refractivity contribution is 6.31. The van der Waals surface area contributed by atoms with E-state index in [-0.39, 0.29) is 17.6 Å². The zero-order valence-electron chi connectivity index (χ0n) is 21.3. The smallest absolute Gasteiger partial charge is 0.229 e. The number of carbonyl (C=O) groups excluding carboxylic acids is 1. The molecule has 0 unspecified atom stereocenters. The predicted molar refractivity (Wildman–Crippen MR) is 151 cm³/mol. The van der Waals surface area contributed by atoms with Gasteiger partial charge in [-0.3, -0.25) is 20.2 Å². The first-order valence-electron chi connectivity index (χ1n) is 12.5. The minimum atomic E-state index is -0.0460. The fraction of sp³-hybridized carbons (Fsp3) is 0.241. The Hall–Kier alpha value is -4.17. The van der Waals surface area contributed by atoms with Crippen LogP contribution in [0, 0.1) is 10.8 Å². The molecule has 4 aromatic rings. The number of halogens is 1. The van der Waals surface area contributed by atoms with Gasteiger partial charge in [0, 0.05) is 56.0 Å². The standard InChI is InChI=1S/C29H29ClN6O2/c1-19(37)35-14-12-25(13-15-35)38-24-9-6-20(7-10-24)21-4-3-5-23(16-21)34(2)28-26-11-8-22(30)17-27(26)36(18-31)29(32)33-28/h3-11,16-18,25,31-32H,12-15H2,1-2H3. The Kier molecular flexibility index (Phi) is 7.15. The van der Waals surface area contributed by atoms with Gasteiger partial charge in [-0.25, -0.2) is 0 Å². The van der Waals surface area contributed by atoms with Crippen molar-refractivity contribution in [2.24, 2.45) is 0 Å². The number of rotatable bonds is 6. The monoisotopic (exact) mass is 528 g/mol. The summed E-state index contributed by atoms with van der Waals surface area (Å²) in [4.78, 5) is 19.8. The Morgan fingerprint density at radius 3 is 2.50 bits per heavy atom. The fourth-order valence-electron chi connectivity index (χ4n) is 4.83. The minimum absolute atomic E-state index is 0.0460. The van der Waals surface area contributed by atoms with Crippen molar-refractivity contribution in [2.45, 2.75) is 25.9 Å². The second-order valence-electron chi connectivity index (χ2n) is 9.38. The van der Waals surface area contributed by atoms with Crippen LogP contribution in [0.1, 0.15) is 19.8 Å². The number of nitrogens with zero attached hydrogens (tertiary/aromatic N) is 4. The fourth-order valence-corrected chi connectivity index (χ4v) is 5.00. The molecule has 0 aliphatic carbocycles. The Morgan fingerprint density at radius 1 is 1.08 bits per heavy atom. The molecule has 8 nitrogen and oxygen atoms in total. The third kappa shape index (κ3) is 5.13. The lowest BCUT2D eigenvalue weighted by Crippen LogP contribution is -2.40. The molecule has 38 heavy (non-hydrogen) atoms. The highest BCUT2D eigenvalue weighted by Crippen LogP contribution is 2.32. The lowest BCUT2D eigenvalue weighted by molar-refractivity contribution is -0.130. The van der Waals surface area contributed by atoms with Crippen molar-refractivity contribution in [1.82, 2.24) is 14.5 Å². The summed E-state index contributed by atoms with van der Waals surface area (Å²) in [5.41, 5.74) is 3.61. The van der Waals surface area contributed by atoms with E-state index in [1.807, 2.05) is 59.3 Å². The number of piperidine rings is 1. The normalized spacial score (nSPS) is 13.9. The van der Waals surface area contributed by atoms with Gasteiger partial charge in [0.05, 0.1) is 11.9 Å². The van der Waals surface area contributed by atoms with Crippen molar-refractivity contribution in [2.75, 3.05) is 25.0 Å². The largest absolute Gasteiger partial charge is 0.490 e. The molecular formula is C29H29ClN6O2. The van der Waals surface area contributed by atoms with Crippen molar-refractivity contribution in [1.29, 1.82) is 10.8 Å². The Labute approximate surface area is 226 Å². The molecule has 2 heterocycles. The van der Waals surface area contributed by atoms with Gasteiger partial charge in [-0.05, 0) is 53.6 Å². The average molecular weight is 529 g/mol. The van der Waals surface area contributed by atoms with Crippen LogP contribution in [-0.4, -0.2) is 52.9 Å². The highest BCUT2D eigenvalue weighted by atomic mass is 35.5. The van der Waals surface area contributed by atoms with Crippen molar-refractivity contribution in [3.05, 3.63) is 77.4 Å². The summed E-state index contributed by atoms with van der Waals surface area (Å²) in [6, 6.07) is 21.6. The van der Waals surface area contributed by atoms with Crippen LogP contribution in [0.3, 0.4) is 0 Å². The zero-order chi connectivity index (χ0) is 26.8. The number of hydrogen-bond donors (Lipinski definition) is 2. The van der Waals surface area contributed by atoms with E-state index in [0.717, 1.165) is 60.2 Å². The molecule has 0 radical (unpaired) electrons. The third-order valence-corrected chi connectivity index (χ3v) is 7.19. The van der Waals surface area contributed by atoms with Crippen LogP contribution >= 0.6 is 11.6 Å². The number of likely N-dealkylation sites (tertiary alicyclic amines) is 1. The Morgan fingerprint density at radius 2 is 1.82 bits per heavy atom. The van der Waals surface area contributed by atoms with Crippen LogP contribution in [0.5, 0.6) is 5.75 Å². The number of benzene rings is 3. The highest BCUT2D eigenvalue weighted by Gasteiger charge is 2.22. The number of hydrogen-bond acceptors (Lipinski definition) is 6. The van der Waals surface area contributed by atoms with Crippen LogP contribution in [0.2, 0.25) is 5.02 Å². The number of amides is 1. The van der Waals surface area contributed by atoms with Crippen LogP contribution in [0.15, 0.2) is 66.7 Å². The molecule has 194 valence electrons. The van der Waals surface area contributed by atoms with Gasteiger partial charge < -0.3 is 14.5 Å². The number of fused-ring (bicyclic) bond motifs is 1. The van der Waals surface area contributed by atoms with Crippen molar-refractivity contribution in [3.63, 3.8) is 0 Å². The maximum absolute atomic E-state index is 11.6. The van der Waals surface area contributed by atoms with E-state index in [2.05, 4.69) is 17.1 Å². The van der Waals surface area contributed by atoms with E-state index >= 15 is 0 Å². The Bertz CT molecular complexity index is 1560. The summed E-state index contributed by atoms with van der Waals surface area (Å²) in [5, 5.41) is 17.4. The van der Waals surface area contributed by atoms with Gasteiger partial charge >= 0.3 is 0 Å². The van der Waals surface area contributed by atoms with Crippen LogP contribution < -0.4 is 15.3 Å². The number of aromatic nitrogens is 2. The molecular weight excluding hydrogens is 500 g/mol. The van der Waals surface area contributed by atoms with Gasteiger partial charge in [0.15, 0.2) is 0 Å². The summed E-state index contributed by atoms with van der Waals surface area (Å²) in [7, 11) is 1.91. The summed E-state index contributed by atoms with van der Waals surface area (Å²) in [6.45, 7) is 3.08. The molecule has 0 bridgehead atoms. The van der Waals surface area contributed by atoms with E-state index in [4.69, 9.17) is 27.2 Å². The molecule has 1 aliphatic rings. The molecule has 0 atom stereocenters.